The van der Waals surface area contributed by atoms with Gasteiger partial charge in [0, 0.05) is 0 Å². The number of nitrogens with zero attached hydrogens (tertiary/aromatic N) is 2. The SMILES string of the molecule is Nc1nc2nc(C3(N)CC[C@@H](CO)O3)[nH]c2c(=O)[nH]1. The van der Waals surface area contributed by atoms with E-state index in [1.54, 1.807) is 0 Å². The van der Waals surface area contributed by atoms with E-state index in [1.807, 2.05) is 0 Å². The van der Waals surface area contributed by atoms with Crippen molar-refractivity contribution in [3.8, 4) is 0 Å². The lowest BCUT2D eigenvalue weighted by Crippen LogP contribution is -2.38. The topological polar surface area (TPSA) is 156 Å². The maximum Gasteiger partial charge on any atom is 0.278 e. The summed E-state index contributed by atoms with van der Waals surface area (Å²) >= 11 is 0. The van der Waals surface area contributed by atoms with Crippen molar-refractivity contribution in [2.45, 2.75) is 24.7 Å². The number of fused-ring (bicyclic) bond motifs is 1. The van der Waals surface area contributed by atoms with Gasteiger partial charge in [-0.05, 0) is 12.8 Å². The van der Waals surface area contributed by atoms with Gasteiger partial charge >= 0.3 is 0 Å². The Bertz CT molecular complexity index is 679. The Morgan fingerprint density at radius 3 is 2.95 bits per heavy atom. The number of aliphatic hydroxyl groups is 1. The number of hydrogen-bond acceptors (Lipinski definition) is 7. The second-order valence-corrected chi connectivity index (χ2v) is 4.59. The molecule has 7 N–H and O–H groups in total. The Balaban J connectivity index is 2.07. The summed E-state index contributed by atoms with van der Waals surface area (Å²) in [6, 6.07) is 0. The predicted molar refractivity (Wildman–Crippen MR) is 66.0 cm³/mol. The third-order valence-electron chi connectivity index (χ3n) is 3.20. The minimum absolute atomic E-state index is 0.0119. The molecule has 0 saturated carbocycles. The highest BCUT2D eigenvalue weighted by molar-refractivity contribution is 5.70. The van der Waals surface area contributed by atoms with Crippen LogP contribution in [0, 0.1) is 0 Å². The van der Waals surface area contributed by atoms with Crippen LogP contribution in [0.1, 0.15) is 18.7 Å². The molecule has 9 nitrogen and oxygen atoms in total. The molecule has 1 unspecified atom stereocenters. The number of nitrogens with one attached hydrogen (secondary N) is 2. The third-order valence-corrected chi connectivity index (χ3v) is 3.20. The van der Waals surface area contributed by atoms with Gasteiger partial charge in [0.05, 0.1) is 12.7 Å². The van der Waals surface area contributed by atoms with Crippen molar-refractivity contribution >= 4 is 17.1 Å². The van der Waals surface area contributed by atoms with Gasteiger partial charge in [-0.2, -0.15) is 4.98 Å². The van der Waals surface area contributed by atoms with E-state index in [1.165, 1.54) is 0 Å². The first-order valence-corrected chi connectivity index (χ1v) is 5.85. The van der Waals surface area contributed by atoms with Crippen LogP contribution < -0.4 is 17.0 Å². The van der Waals surface area contributed by atoms with Gasteiger partial charge in [-0.25, -0.2) is 4.98 Å². The summed E-state index contributed by atoms with van der Waals surface area (Å²) in [6.07, 6.45) is 0.788. The number of H-pyrrole nitrogens is 2. The molecule has 2 atom stereocenters. The van der Waals surface area contributed by atoms with E-state index in [9.17, 15) is 4.79 Å². The van der Waals surface area contributed by atoms with Crippen LogP contribution in [0.5, 0.6) is 0 Å². The Morgan fingerprint density at radius 2 is 2.26 bits per heavy atom. The number of nitrogen functional groups attached to an aromatic ring is 1. The lowest BCUT2D eigenvalue weighted by atomic mass is 10.1. The summed E-state index contributed by atoms with van der Waals surface area (Å²) in [7, 11) is 0. The normalized spacial score (nSPS) is 27.2. The second-order valence-electron chi connectivity index (χ2n) is 4.59. The molecular formula is C10H14N6O3. The number of rotatable bonds is 2. The van der Waals surface area contributed by atoms with Gasteiger partial charge in [0.2, 0.25) is 5.95 Å². The van der Waals surface area contributed by atoms with Crippen molar-refractivity contribution in [1.29, 1.82) is 0 Å². The van der Waals surface area contributed by atoms with Crippen molar-refractivity contribution in [3.05, 3.63) is 16.2 Å². The Labute approximate surface area is 107 Å². The molecule has 0 radical (unpaired) electrons. The first-order valence-electron chi connectivity index (χ1n) is 5.85. The van der Waals surface area contributed by atoms with E-state index in [-0.39, 0.29) is 29.8 Å². The lowest BCUT2D eigenvalue weighted by Gasteiger charge is -2.21. The minimum atomic E-state index is -1.14. The van der Waals surface area contributed by atoms with Gasteiger partial charge in [-0.3, -0.25) is 15.5 Å². The molecule has 0 spiro atoms. The summed E-state index contributed by atoms with van der Waals surface area (Å²) in [4.78, 5) is 24.9. The number of imidazole rings is 1. The van der Waals surface area contributed by atoms with Crippen molar-refractivity contribution in [3.63, 3.8) is 0 Å². The Kier molecular flexibility index (Phi) is 2.55. The van der Waals surface area contributed by atoms with E-state index in [4.69, 9.17) is 21.3 Å². The fourth-order valence-corrected chi connectivity index (χ4v) is 2.22. The molecule has 1 aliphatic heterocycles. The van der Waals surface area contributed by atoms with Gasteiger partial charge in [0.1, 0.15) is 0 Å². The number of ether oxygens (including phenoxy) is 1. The lowest BCUT2D eigenvalue weighted by molar-refractivity contribution is -0.0642. The number of hydrogen-bond donors (Lipinski definition) is 5. The molecule has 1 aliphatic rings. The molecule has 0 aromatic carbocycles. The second kappa shape index (κ2) is 4.02. The van der Waals surface area contributed by atoms with Crippen LogP contribution in [0.25, 0.3) is 11.2 Å². The van der Waals surface area contributed by atoms with Crippen LogP contribution in [-0.2, 0) is 10.5 Å². The van der Waals surface area contributed by atoms with E-state index in [0.29, 0.717) is 18.7 Å². The summed E-state index contributed by atoms with van der Waals surface area (Å²) < 4.78 is 5.55. The molecule has 3 rings (SSSR count). The number of aliphatic hydroxyl groups excluding tert-OH is 1. The van der Waals surface area contributed by atoms with Crippen LogP contribution in [-0.4, -0.2) is 37.8 Å². The first kappa shape index (κ1) is 12.1. The van der Waals surface area contributed by atoms with E-state index in [2.05, 4.69) is 19.9 Å². The van der Waals surface area contributed by atoms with Crippen LogP contribution in [0.2, 0.25) is 0 Å². The summed E-state index contributed by atoms with van der Waals surface area (Å²) in [5.74, 6) is 0.296. The molecule has 1 fully saturated rings. The molecule has 2 aromatic rings. The van der Waals surface area contributed by atoms with Gasteiger partial charge < -0.3 is 20.6 Å². The quantitative estimate of drug-likeness (QED) is 0.443. The molecule has 0 aliphatic carbocycles. The molecule has 3 heterocycles. The van der Waals surface area contributed by atoms with Crippen LogP contribution in [0.3, 0.4) is 0 Å². The van der Waals surface area contributed by atoms with Crippen molar-refractivity contribution in [2.24, 2.45) is 5.73 Å². The van der Waals surface area contributed by atoms with E-state index in [0.717, 1.165) is 0 Å². The monoisotopic (exact) mass is 266 g/mol. The molecule has 9 heteroatoms. The zero-order chi connectivity index (χ0) is 13.6. The maximum atomic E-state index is 11.7. The van der Waals surface area contributed by atoms with Crippen molar-refractivity contribution < 1.29 is 9.84 Å². The number of nitrogens with two attached hydrogens (primary N) is 2. The molecule has 19 heavy (non-hydrogen) atoms. The average molecular weight is 266 g/mol. The van der Waals surface area contributed by atoms with Gasteiger partial charge in [-0.1, -0.05) is 0 Å². The molecule has 2 aromatic heterocycles. The van der Waals surface area contributed by atoms with Crippen molar-refractivity contribution in [1.82, 2.24) is 19.9 Å². The zero-order valence-corrected chi connectivity index (χ0v) is 10.0. The van der Waals surface area contributed by atoms with Crippen molar-refractivity contribution in [2.75, 3.05) is 12.3 Å². The smallest absolute Gasteiger partial charge is 0.278 e. The highest BCUT2D eigenvalue weighted by atomic mass is 16.5. The molecule has 0 bridgehead atoms. The molecule has 0 amide bonds. The van der Waals surface area contributed by atoms with Gasteiger partial charge in [0.25, 0.3) is 5.56 Å². The van der Waals surface area contributed by atoms with Gasteiger partial charge in [0.15, 0.2) is 22.7 Å². The Hall–Kier alpha value is -1.97. The average Bonchev–Trinajstić information content (AvgIpc) is 2.94. The number of anilines is 1. The third kappa shape index (κ3) is 1.87. The predicted octanol–water partition coefficient (Wildman–Crippen LogP) is -1.49. The molecule has 102 valence electrons. The summed E-state index contributed by atoms with van der Waals surface area (Å²) in [5.41, 5.74) is 10.4. The largest absolute Gasteiger partial charge is 0.394 e. The Morgan fingerprint density at radius 1 is 1.47 bits per heavy atom. The number of aromatic amines is 2. The highest BCUT2D eigenvalue weighted by Crippen LogP contribution is 2.33. The van der Waals surface area contributed by atoms with Crippen LogP contribution >= 0.6 is 0 Å². The first-order chi connectivity index (χ1) is 9.01. The highest BCUT2D eigenvalue weighted by Gasteiger charge is 2.40. The van der Waals surface area contributed by atoms with Gasteiger partial charge in [-0.15, -0.1) is 0 Å². The molecule has 1 saturated heterocycles. The number of aromatic nitrogens is 4. The van der Waals surface area contributed by atoms with Crippen LogP contribution in [0.4, 0.5) is 5.95 Å². The summed E-state index contributed by atoms with van der Waals surface area (Å²) in [6.45, 7) is -0.106. The van der Waals surface area contributed by atoms with E-state index < -0.39 is 11.3 Å². The summed E-state index contributed by atoms with van der Waals surface area (Å²) in [5, 5.41) is 9.07. The standard InChI is InChI=1S/C10H14N6O3/c11-9-15-6-5(7(18)16-9)13-8(14-6)10(12)2-1-4(3-17)19-10/h4,17H,1-3,12H2,(H4,11,13,14,15,16,18)/t4-,10?/m0/s1. The molecular weight excluding hydrogens is 252 g/mol. The maximum absolute atomic E-state index is 11.7. The zero-order valence-electron chi connectivity index (χ0n) is 10.0. The fourth-order valence-electron chi connectivity index (χ4n) is 2.22. The fraction of sp³-hybridized carbons (Fsp3) is 0.500. The van der Waals surface area contributed by atoms with E-state index >= 15 is 0 Å². The van der Waals surface area contributed by atoms with Crippen LogP contribution in [0.15, 0.2) is 4.79 Å². The minimum Gasteiger partial charge on any atom is -0.394 e.